The van der Waals surface area contributed by atoms with Crippen molar-refractivity contribution in [2.24, 2.45) is 0 Å². The Labute approximate surface area is 184 Å². The maximum atomic E-state index is 13.0. The van der Waals surface area contributed by atoms with Gasteiger partial charge in [0, 0.05) is 22.5 Å². The van der Waals surface area contributed by atoms with Gasteiger partial charge in [-0.05, 0) is 48.5 Å². The van der Waals surface area contributed by atoms with Gasteiger partial charge in [0.1, 0.15) is 5.75 Å². The lowest BCUT2D eigenvalue weighted by molar-refractivity contribution is 0.0948. The van der Waals surface area contributed by atoms with E-state index in [4.69, 9.17) is 16.3 Å². The number of methoxy groups -OCH3 is 1. The summed E-state index contributed by atoms with van der Waals surface area (Å²) >= 11 is 6.19. The number of hydrogen-bond acceptors (Lipinski definition) is 4. The summed E-state index contributed by atoms with van der Waals surface area (Å²) in [6.45, 7) is 4.32. The van der Waals surface area contributed by atoms with Crippen molar-refractivity contribution in [3.8, 4) is 5.75 Å². The van der Waals surface area contributed by atoms with Crippen LogP contribution in [0.25, 0.3) is 0 Å². The Morgan fingerprint density at radius 3 is 2.73 bits per heavy atom. The molecule has 1 amide bonds. The van der Waals surface area contributed by atoms with Gasteiger partial charge in [-0.15, -0.1) is 0 Å². The largest absolute Gasteiger partial charge is 0.495 e. The number of aromatic nitrogens is 1. The molecule has 3 rings (SSSR count). The van der Waals surface area contributed by atoms with Gasteiger partial charge < -0.3 is 14.8 Å². The fourth-order valence-corrected chi connectivity index (χ4v) is 4.50. The standard InChI is InChI=1S/C23H24ClN3O2S/c1-4-30(27-18-12-19(29-3)15-25-14-18)22-8-6-5-7-20(22)23(28)26-13-17-10-9-16(2)21(24)11-17/h4-12,14-15,27H,13H2,1-3H3,(H,26,28). The summed E-state index contributed by atoms with van der Waals surface area (Å²) < 4.78 is 8.68. The summed E-state index contributed by atoms with van der Waals surface area (Å²) in [5.74, 6) is 0.537. The van der Waals surface area contributed by atoms with Crippen LogP contribution < -0.4 is 14.8 Å². The van der Waals surface area contributed by atoms with E-state index in [1.54, 1.807) is 19.5 Å². The molecule has 0 aliphatic carbocycles. The van der Waals surface area contributed by atoms with Gasteiger partial charge in [0.2, 0.25) is 0 Å². The van der Waals surface area contributed by atoms with Gasteiger partial charge >= 0.3 is 0 Å². The Morgan fingerprint density at radius 1 is 1.20 bits per heavy atom. The third-order valence-corrected chi connectivity index (χ3v) is 6.63. The van der Waals surface area contributed by atoms with E-state index >= 15 is 0 Å². The van der Waals surface area contributed by atoms with Gasteiger partial charge in [0.05, 0.1) is 30.8 Å². The minimum atomic E-state index is -0.496. The third kappa shape index (κ3) is 5.40. The molecule has 1 atom stereocenters. The quantitative estimate of drug-likeness (QED) is 0.478. The molecule has 0 bridgehead atoms. The van der Waals surface area contributed by atoms with Crippen molar-refractivity contribution in [1.29, 1.82) is 0 Å². The van der Waals surface area contributed by atoms with Gasteiger partial charge in [-0.25, -0.2) is 0 Å². The highest BCUT2D eigenvalue weighted by Gasteiger charge is 2.14. The molecular formula is C23H24ClN3O2S. The van der Waals surface area contributed by atoms with E-state index < -0.39 is 10.7 Å². The van der Waals surface area contributed by atoms with Crippen LogP contribution in [0.2, 0.25) is 5.02 Å². The molecule has 1 unspecified atom stereocenters. The van der Waals surface area contributed by atoms with Crippen molar-refractivity contribution in [1.82, 2.24) is 10.3 Å². The molecule has 0 fully saturated rings. The number of carbonyl (C=O) groups excluding carboxylic acids is 1. The number of anilines is 1. The number of amides is 1. The van der Waals surface area contributed by atoms with E-state index in [0.717, 1.165) is 21.7 Å². The molecule has 0 saturated carbocycles. The lowest BCUT2D eigenvalue weighted by Gasteiger charge is -2.16. The van der Waals surface area contributed by atoms with Gasteiger partial charge in [0.25, 0.3) is 5.91 Å². The van der Waals surface area contributed by atoms with E-state index in [9.17, 15) is 4.79 Å². The van der Waals surface area contributed by atoms with Crippen LogP contribution in [-0.4, -0.2) is 23.4 Å². The van der Waals surface area contributed by atoms with Crippen LogP contribution >= 0.6 is 22.3 Å². The van der Waals surface area contributed by atoms with Crippen molar-refractivity contribution in [2.45, 2.75) is 25.3 Å². The number of rotatable bonds is 7. The topological polar surface area (TPSA) is 63.3 Å². The molecule has 30 heavy (non-hydrogen) atoms. The van der Waals surface area contributed by atoms with E-state index in [1.807, 2.05) is 67.7 Å². The first kappa shape index (κ1) is 21.9. The molecule has 5 nitrogen and oxygen atoms in total. The molecule has 0 radical (unpaired) electrons. The highest BCUT2D eigenvalue weighted by atomic mass is 35.5. The van der Waals surface area contributed by atoms with Crippen molar-refractivity contribution < 1.29 is 9.53 Å². The van der Waals surface area contributed by atoms with Crippen LogP contribution in [0.15, 0.2) is 65.8 Å². The maximum Gasteiger partial charge on any atom is 0.252 e. The van der Waals surface area contributed by atoms with Gasteiger partial charge in [-0.3, -0.25) is 9.78 Å². The number of pyridine rings is 1. The molecule has 0 aliphatic heterocycles. The second-order valence-corrected chi connectivity index (χ2v) is 8.75. The number of aryl methyl sites for hydroxylation is 1. The fraction of sp³-hybridized carbons (Fsp3) is 0.174. The SMILES string of the molecule is C/C=S(/Nc1cncc(OC)c1)c1ccccc1C(=O)NCc1ccc(C)c(Cl)c1. The Balaban J connectivity index is 1.79. The number of carbonyl (C=O) groups is 1. The molecule has 0 aliphatic rings. The van der Waals surface area contributed by atoms with E-state index in [1.165, 1.54) is 0 Å². The average Bonchev–Trinajstić information content (AvgIpc) is 2.78. The first-order valence-corrected chi connectivity index (χ1v) is 11.1. The van der Waals surface area contributed by atoms with Crippen LogP contribution in [-0.2, 0) is 6.54 Å². The summed E-state index contributed by atoms with van der Waals surface area (Å²) in [7, 11) is 1.11. The third-order valence-electron chi connectivity index (χ3n) is 4.47. The van der Waals surface area contributed by atoms with Gasteiger partial charge in [-0.2, -0.15) is 0 Å². The first-order chi connectivity index (χ1) is 14.5. The molecule has 2 N–H and O–H groups in total. The highest BCUT2D eigenvalue weighted by molar-refractivity contribution is 8.16. The summed E-state index contributed by atoms with van der Waals surface area (Å²) in [5.41, 5.74) is 3.41. The van der Waals surface area contributed by atoms with Crippen molar-refractivity contribution in [3.63, 3.8) is 0 Å². The maximum absolute atomic E-state index is 13.0. The normalized spacial score (nSPS) is 11.7. The number of nitrogens with one attached hydrogen (secondary N) is 2. The number of halogens is 1. The summed E-state index contributed by atoms with van der Waals surface area (Å²) in [6.07, 6.45) is 3.38. The van der Waals surface area contributed by atoms with Crippen molar-refractivity contribution in [2.75, 3.05) is 11.8 Å². The van der Waals surface area contributed by atoms with Gasteiger partial charge in [0.15, 0.2) is 0 Å². The molecule has 0 spiro atoms. The minimum Gasteiger partial charge on any atom is -0.495 e. The summed E-state index contributed by atoms with van der Waals surface area (Å²) in [4.78, 5) is 18.0. The van der Waals surface area contributed by atoms with Crippen LogP contribution in [0.1, 0.15) is 28.4 Å². The van der Waals surface area contributed by atoms with Crippen LogP contribution in [0.4, 0.5) is 5.69 Å². The predicted octanol–water partition coefficient (Wildman–Crippen LogP) is 5.46. The number of hydrogen-bond donors (Lipinski definition) is 2. The minimum absolute atomic E-state index is 0.132. The molecule has 156 valence electrons. The molecule has 1 heterocycles. The Kier molecular flexibility index (Phi) is 7.49. The summed E-state index contributed by atoms with van der Waals surface area (Å²) in [6, 6.07) is 15.3. The molecule has 3 aromatic rings. The van der Waals surface area contributed by atoms with Gasteiger partial charge in [-0.1, -0.05) is 46.5 Å². The Bertz CT molecular complexity index is 1090. The van der Waals surface area contributed by atoms with Crippen molar-refractivity contribution >= 4 is 39.2 Å². The predicted molar refractivity (Wildman–Crippen MR) is 126 cm³/mol. The molecule has 1 aromatic heterocycles. The zero-order valence-corrected chi connectivity index (χ0v) is 18.7. The second-order valence-electron chi connectivity index (χ2n) is 6.55. The van der Waals surface area contributed by atoms with Crippen LogP contribution in [0.5, 0.6) is 5.75 Å². The molecular weight excluding hydrogens is 418 g/mol. The highest BCUT2D eigenvalue weighted by Crippen LogP contribution is 2.31. The fourth-order valence-electron chi connectivity index (χ4n) is 2.82. The lowest BCUT2D eigenvalue weighted by Crippen LogP contribution is -2.23. The zero-order chi connectivity index (χ0) is 21.5. The molecule has 0 saturated heterocycles. The van der Waals surface area contributed by atoms with E-state index in [0.29, 0.717) is 22.9 Å². The first-order valence-electron chi connectivity index (χ1n) is 9.42. The smallest absolute Gasteiger partial charge is 0.252 e. The lowest BCUT2D eigenvalue weighted by atomic mass is 10.1. The zero-order valence-electron chi connectivity index (χ0n) is 17.1. The average molecular weight is 442 g/mol. The molecule has 2 aromatic carbocycles. The summed E-state index contributed by atoms with van der Waals surface area (Å²) in [5, 5.41) is 5.72. The molecule has 7 heteroatoms. The van der Waals surface area contributed by atoms with E-state index in [-0.39, 0.29) is 5.91 Å². The van der Waals surface area contributed by atoms with Crippen molar-refractivity contribution in [3.05, 3.63) is 82.6 Å². The Hall–Kier alpha value is -2.83. The number of benzene rings is 2. The second kappa shape index (κ2) is 10.3. The number of nitrogens with zero attached hydrogens (tertiary/aromatic N) is 1. The number of ether oxygens (including phenoxy) is 1. The van der Waals surface area contributed by atoms with Crippen LogP contribution in [0, 0.1) is 6.92 Å². The monoisotopic (exact) mass is 441 g/mol. The Morgan fingerprint density at radius 2 is 2.00 bits per heavy atom. The van der Waals surface area contributed by atoms with E-state index in [2.05, 4.69) is 15.0 Å². The van der Waals surface area contributed by atoms with Crippen LogP contribution in [0.3, 0.4) is 0 Å².